The number of hydrogen-bond donors (Lipinski definition) is 1. The van der Waals surface area contributed by atoms with E-state index < -0.39 is 10.0 Å². The van der Waals surface area contributed by atoms with Gasteiger partial charge >= 0.3 is 0 Å². The first-order chi connectivity index (χ1) is 10.3. The fourth-order valence-electron chi connectivity index (χ4n) is 2.13. The Morgan fingerprint density at radius 2 is 1.82 bits per heavy atom. The molecule has 0 heterocycles. The molecule has 5 heteroatoms. The SMILES string of the molecule is CC(C)(C)c1ccc(S(=O)(=O)NCCCOCC2CC2)cc1. The van der Waals surface area contributed by atoms with Crippen LogP contribution in [-0.2, 0) is 20.2 Å². The molecular formula is C17H27NO3S. The molecule has 0 atom stereocenters. The second-order valence-corrected chi connectivity index (χ2v) is 8.81. The molecule has 0 spiro atoms. The highest BCUT2D eigenvalue weighted by Crippen LogP contribution is 2.28. The third-order valence-corrected chi connectivity index (χ3v) is 5.32. The monoisotopic (exact) mass is 325 g/mol. The topological polar surface area (TPSA) is 55.4 Å². The summed E-state index contributed by atoms with van der Waals surface area (Å²) < 4.78 is 32.5. The van der Waals surface area contributed by atoms with Gasteiger partial charge < -0.3 is 4.74 Å². The molecule has 1 aromatic rings. The molecular weight excluding hydrogens is 298 g/mol. The third kappa shape index (κ3) is 5.38. The first-order valence-corrected chi connectivity index (χ1v) is 9.45. The summed E-state index contributed by atoms with van der Waals surface area (Å²) in [5, 5.41) is 0. The second-order valence-electron chi connectivity index (χ2n) is 7.04. The van der Waals surface area contributed by atoms with Crippen molar-refractivity contribution in [3.8, 4) is 0 Å². The van der Waals surface area contributed by atoms with Crippen LogP contribution in [0.4, 0.5) is 0 Å². The van der Waals surface area contributed by atoms with E-state index in [9.17, 15) is 8.42 Å². The van der Waals surface area contributed by atoms with Crippen LogP contribution in [0, 0.1) is 5.92 Å². The molecule has 2 rings (SSSR count). The summed E-state index contributed by atoms with van der Waals surface area (Å²) in [6.45, 7) is 8.17. The Kier molecular flexibility index (Phi) is 5.64. The first kappa shape index (κ1) is 17.4. The molecule has 0 unspecified atom stereocenters. The van der Waals surface area contributed by atoms with E-state index in [1.54, 1.807) is 12.1 Å². The highest BCUT2D eigenvalue weighted by molar-refractivity contribution is 7.89. The van der Waals surface area contributed by atoms with Gasteiger partial charge in [0.25, 0.3) is 0 Å². The minimum atomic E-state index is -3.42. The number of ether oxygens (including phenoxy) is 1. The van der Waals surface area contributed by atoms with Crippen molar-refractivity contribution in [3.63, 3.8) is 0 Å². The van der Waals surface area contributed by atoms with E-state index in [4.69, 9.17) is 4.74 Å². The van der Waals surface area contributed by atoms with Crippen LogP contribution in [-0.4, -0.2) is 28.2 Å². The van der Waals surface area contributed by atoms with E-state index in [0.29, 0.717) is 24.5 Å². The average molecular weight is 325 g/mol. The Bertz CT molecular complexity index is 569. The highest BCUT2D eigenvalue weighted by atomic mass is 32.2. The van der Waals surface area contributed by atoms with Gasteiger partial charge in [-0.15, -0.1) is 0 Å². The van der Waals surface area contributed by atoms with Crippen LogP contribution in [0.15, 0.2) is 29.2 Å². The minimum Gasteiger partial charge on any atom is -0.381 e. The molecule has 22 heavy (non-hydrogen) atoms. The van der Waals surface area contributed by atoms with E-state index in [1.165, 1.54) is 12.8 Å². The van der Waals surface area contributed by atoms with Crippen LogP contribution in [0.25, 0.3) is 0 Å². The zero-order chi connectivity index (χ0) is 16.2. The summed E-state index contributed by atoms with van der Waals surface area (Å²) in [6.07, 6.45) is 3.25. The molecule has 0 bridgehead atoms. The van der Waals surface area contributed by atoms with Gasteiger partial charge in [0.05, 0.1) is 4.90 Å². The molecule has 0 radical (unpaired) electrons. The number of hydrogen-bond acceptors (Lipinski definition) is 3. The lowest BCUT2D eigenvalue weighted by atomic mass is 9.87. The smallest absolute Gasteiger partial charge is 0.240 e. The quantitative estimate of drug-likeness (QED) is 0.747. The van der Waals surface area contributed by atoms with Crippen molar-refractivity contribution in [2.75, 3.05) is 19.8 Å². The molecule has 124 valence electrons. The van der Waals surface area contributed by atoms with E-state index in [0.717, 1.165) is 18.1 Å². The molecule has 1 N–H and O–H groups in total. The third-order valence-electron chi connectivity index (χ3n) is 3.84. The molecule has 1 aromatic carbocycles. The molecule has 0 aromatic heterocycles. The molecule has 1 fully saturated rings. The maximum Gasteiger partial charge on any atom is 0.240 e. The number of nitrogens with one attached hydrogen (secondary N) is 1. The summed E-state index contributed by atoms with van der Waals surface area (Å²) in [4.78, 5) is 0.319. The lowest BCUT2D eigenvalue weighted by molar-refractivity contribution is 0.123. The van der Waals surface area contributed by atoms with Crippen LogP contribution in [0.5, 0.6) is 0 Å². The zero-order valence-electron chi connectivity index (χ0n) is 13.8. The fourth-order valence-corrected chi connectivity index (χ4v) is 3.21. The number of rotatable bonds is 8. The van der Waals surface area contributed by atoms with E-state index in [2.05, 4.69) is 25.5 Å². The molecule has 4 nitrogen and oxygen atoms in total. The van der Waals surface area contributed by atoms with Crippen LogP contribution >= 0.6 is 0 Å². The van der Waals surface area contributed by atoms with Crippen molar-refractivity contribution < 1.29 is 13.2 Å². The van der Waals surface area contributed by atoms with E-state index in [-0.39, 0.29) is 5.41 Å². The van der Waals surface area contributed by atoms with Crippen LogP contribution in [0.1, 0.15) is 45.6 Å². The van der Waals surface area contributed by atoms with Crippen LogP contribution in [0.3, 0.4) is 0 Å². The fraction of sp³-hybridized carbons (Fsp3) is 0.647. The Morgan fingerprint density at radius 3 is 2.36 bits per heavy atom. The van der Waals surface area contributed by atoms with Crippen molar-refractivity contribution >= 4 is 10.0 Å². The second kappa shape index (κ2) is 7.11. The summed E-state index contributed by atoms with van der Waals surface area (Å²) in [5.74, 6) is 0.748. The molecule has 0 amide bonds. The van der Waals surface area contributed by atoms with Gasteiger partial charge in [0, 0.05) is 19.8 Å². The maximum absolute atomic E-state index is 12.2. The van der Waals surface area contributed by atoms with Gasteiger partial charge in [-0.3, -0.25) is 0 Å². The van der Waals surface area contributed by atoms with Crippen molar-refractivity contribution in [2.45, 2.75) is 50.3 Å². The van der Waals surface area contributed by atoms with Gasteiger partial charge in [-0.1, -0.05) is 32.9 Å². The summed E-state index contributed by atoms with van der Waals surface area (Å²) in [7, 11) is -3.42. The number of benzene rings is 1. The Hall–Kier alpha value is -0.910. The lowest BCUT2D eigenvalue weighted by Crippen LogP contribution is -2.25. The van der Waals surface area contributed by atoms with Gasteiger partial charge in [-0.25, -0.2) is 13.1 Å². The summed E-state index contributed by atoms with van der Waals surface area (Å²) in [5.41, 5.74) is 1.15. The maximum atomic E-state index is 12.2. The summed E-state index contributed by atoms with van der Waals surface area (Å²) >= 11 is 0. The average Bonchev–Trinajstić information content (AvgIpc) is 3.26. The van der Waals surface area contributed by atoms with Crippen molar-refractivity contribution in [1.82, 2.24) is 4.72 Å². The van der Waals surface area contributed by atoms with Crippen molar-refractivity contribution in [2.24, 2.45) is 5.92 Å². The zero-order valence-corrected chi connectivity index (χ0v) is 14.6. The Morgan fingerprint density at radius 1 is 1.18 bits per heavy atom. The Labute approximate surface area is 134 Å². The molecule has 1 saturated carbocycles. The number of sulfonamides is 1. The predicted octanol–water partition coefficient (Wildman–Crippen LogP) is 3.08. The van der Waals surface area contributed by atoms with Gasteiger partial charge in [0.1, 0.15) is 0 Å². The standard InChI is InChI=1S/C17H27NO3S/c1-17(2,3)15-7-9-16(10-8-15)22(19,20)18-11-4-12-21-13-14-5-6-14/h7-10,14,18H,4-6,11-13H2,1-3H3. The lowest BCUT2D eigenvalue weighted by Gasteiger charge is -2.19. The van der Waals surface area contributed by atoms with Crippen LogP contribution in [0.2, 0.25) is 0 Å². The van der Waals surface area contributed by atoms with Crippen molar-refractivity contribution in [1.29, 1.82) is 0 Å². The molecule has 0 aliphatic heterocycles. The molecule has 0 saturated heterocycles. The normalized spacial score (nSPS) is 16.0. The van der Waals surface area contributed by atoms with Crippen LogP contribution < -0.4 is 4.72 Å². The minimum absolute atomic E-state index is 0.0224. The van der Waals surface area contributed by atoms with Crippen molar-refractivity contribution in [3.05, 3.63) is 29.8 Å². The molecule has 1 aliphatic rings. The van der Waals surface area contributed by atoms with Gasteiger partial charge in [0.2, 0.25) is 10.0 Å². The first-order valence-electron chi connectivity index (χ1n) is 7.97. The Balaban J connectivity index is 1.78. The van der Waals surface area contributed by atoms with E-state index >= 15 is 0 Å². The highest BCUT2D eigenvalue weighted by Gasteiger charge is 2.21. The predicted molar refractivity (Wildman–Crippen MR) is 88.5 cm³/mol. The molecule has 1 aliphatic carbocycles. The van der Waals surface area contributed by atoms with Gasteiger partial charge in [0.15, 0.2) is 0 Å². The van der Waals surface area contributed by atoms with Gasteiger partial charge in [-0.2, -0.15) is 0 Å². The largest absolute Gasteiger partial charge is 0.381 e. The van der Waals surface area contributed by atoms with Gasteiger partial charge in [-0.05, 0) is 48.3 Å². The summed E-state index contributed by atoms with van der Waals surface area (Å²) in [6, 6.07) is 7.11. The van der Waals surface area contributed by atoms with E-state index in [1.807, 2.05) is 12.1 Å².